The zero-order chi connectivity index (χ0) is 19.2. The summed E-state index contributed by atoms with van der Waals surface area (Å²) in [6.45, 7) is 0. The molecule has 0 saturated carbocycles. The van der Waals surface area contributed by atoms with Crippen molar-refractivity contribution in [3.05, 3.63) is 73.2 Å². The maximum absolute atomic E-state index is 14.3. The lowest BCUT2D eigenvalue weighted by Crippen LogP contribution is -2.45. The maximum Gasteiger partial charge on any atom is 0.433 e. The van der Waals surface area contributed by atoms with E-state index in [1.165, 1.54) is 22.8 Å². The molecular weight excluding hydrogens is 381 g/mol. The summed E-state index contributed by atoms with van der Waals surface area (Å²) in [4.78, 5) is 24.0. The van der Waals surface area contributed by atoms with Gasteiger partial charge in [0.1, 0.15) is 11.6 Å². The number of benzene rings is 1. The molecule has 0 aliphatic rings. The molecule has 0 aliphatic heterocycles. The van der Waals surface area contributed by atoms with Crippen LogP contribution in [0.5, 0.6) is 0 Å². The molecular formula is C15H8F5N3O2S. The van der Waals surface area contributed by atoms with Gasteiger partial charge in [-0.25, -0.2) is 22.8 Å². The molecule has 3 aromatic rings. The first kappa shape index (κ1) is 17.9. The summed E-state index contributed by atoms with van der Waals surface area (Å²) < 4.78 is 66.8. The van der Waals surface area contributed by atoms with Crippen molar-refractivity contribution in [3.63, 3.8) is 0 Å². The first-order chi connectivity index (χ1) is 12.1. The Labute approximate surface area is 145 Å². The monoisotopic (exact) mass is 389 g/mol. The third-order valence-corrected chi connectivity index (χ3v) is 4.21. The Morgan fingerprint density at radius 3 is 2.15 bits per heavy atom. The molecule has 11 heteroatoms. The van der Waals surface area contributed by atoms with Crippen LogP contribution >= 0.6 is 11.3 Å². The Balaban J connectivity index is 2.25. The van der Waals surface area contributed by atoms with Crippen molar-refractivity contribution in [2.75, 3.05) is 5.84 Å². The molecule has 136 valence electrons. The Morgan fingerprint density at radius 1 is 1.04 bits per heavy atom. The lowest BCUT2D eigenvalue weighted by atomic mass is 10.1. The Morgan fingerprint density at radius 2 is 1.65 bits per heavy atom. The molecule has 0 saturated heterocycles. The zero-order valence-corrected chi connectivity index (χ0v) is 13.4. The number of aromatic nitrogens is 2. The molecule has 3 rings (SSSR count). The van der Waals surface area contributed by atoms with E-state index in [4.69, 9.17) is 5.84 Å². The lowest BCUT2D eigenvalue weighted by Gasteiger charge is -2.14. The van der Waals surface area contributed by atoms with Crippen molar-refractivity contribution in [1.29, 1.82) is 0 Å². The second kappa shape index (κ2) is 6.09. The average Bonchev–Trinajstić information content (AvgIpc) is 3.03. The summed E-state index contributed by atoms with van der Waals surface area (Å²) >= 11 is 1.20. The first-order valence-electron chi connectivity index (χ1n) is 6.84. The molecule has 0 fully saturated rings. The highest BCUT2D eigenvalue weighted by atomic mass is 32.1. The summed E-state index contributed by atoms with van der Waals surface area (Å²) in [6.07, 6.45) is -5.05. The Hall–Kier alpha value is -2.95. The smallest absolute Gasteiger partial charge is 0.335 e. The highest BCUT2D eigenvalue weighted by molar-refractivity contribution is 7.08. The summed E-state index contributed by atoms with van der Waals surface area (Å²) in [5.41, 5.74) is -5.42. The van der Waals surface area contributed by atoms with Crippen LogP contribution in [0.2, 0.25) is 0 Å². The van der Waals surface area contributed by atoms with Crippen LogP contribution in [0.4, 0.5) is 22.0 Å². The fraction of sp³-hybridized carbons (Fsp3) is 0.0667. The van der Waals surface area contributed by atoms with Gasteiger partial charge in [0, 0.05) is 6.07 Å². The molecule has 0 amide bonds. The van der Waals surface area contributed by atoms with Gasteiger partial charge in [0.15, 0.2) is 5.69 Å². The molecule has 5 nitrogen and oxygen atoms in total. The molecule has 26 heavy (non-hydrogen) atoms. The average molecular weight is 389 g/mol. The van der Waals surface area contributed by atoms with Crippen molar-refractivity contribution >= 4 is 11.3 Å². The van der Waals surface area contributed by atoms with E-state index in [0.29, 0.717) is 12.1 Å². The predicted molar refractivity (Wildman–Crippen MR) is 84.7 cm³/mol. The van der Waals surface area contributed by atoms with E-state index in [1.54, 1.807) is 5.38 Å². The van der Waals surface area contributed by atoms with E-state index in [0.717, 1.165) is 0 Å². The number of hydrogen-bond donors (Lipinski definition) is 1. The second-order valence-electron chi connectivity index (χ2n) is 5.15. The normalized spacial score (nSPS) is 11.7. The van der Waals surface area contributed by atoms with E-state index in [-0.39, 0.29) is 26.4 Å². The van der Waals surface area contributed by atoms with Crippen molar-refractivity contribution < 1.29 is 22.0 Å². The van der Waals surface area contributed by atoms with E-state index in [2.05, 4.69) is 0 Å². The third-order valence-electron chi connectivity index (χ3n) is 3.52. The molecule has 0 atom stereocenters. The third kappa shape index (κ3) is 2.90. The van der Waals surface area contributed by atoms with Gasteiger partial charge in [-0.1, -0.05) is 0 Å². The number of alkyl halides is 3. The maximum atomic E-state index is 14.3. The number of hydrogen-bond acceptors (Lipinski definition) is 4. The van der Waals surface area contributed by atoms with E-state index < -0.39 is 40.4 Å². The predicted octanol–water partition coefficient (Wildman–Crippen LogP) is 2.74. The zero-order valence-electron chi connectivity index (χ0n) is 12.6. The van der Waals surface area contributed by atoms with Crippen LogP contribution in [0.25, 0.3) is 16.8 Å². The van der Waals surface area contributed by atoms with Gasteiger partial charge in [0.05, 0.1) is 11.3 Å². The van der Waals surface area contributed by atoms with E-state index in [1.807, 2.05) is 0 Å². The van der Waals surface area contributed by atoms with Crippen molar-refractivity contribution in [2.24, 2.45) is 0 Å². The summed E-state index contributed by atoms with van der Waals surface area (Å²) in [6, 6.07) is 2.88. The minimum atomic E-state index is -5.05. The number of thiophene rings is 1. The quantitative estimate of drug-likeness (QED) is 0.541. The molecule has 0 unspecified atom stereocenters. The number of rotatable bonds is 2. The standard InChI is InChI=1S/C15H8F5N3O2S/c16-9-3-8(4-10(17)13(9)7-1-2-26-6-7)22-12(24)5-11(15(18,19)20)23(21)14(22)25/h1-6H,21H2. The summed E-state index contributed by atoms with van der Waals surface area (Å²) in [5, 5.41) is 3.08. The van der Waals surface area contributed by atoms with Gasteiger partial charge in [-0.05, 0) is 34.5 Å². The molecule has 0 aliphatic carbocycles. The van der Waals surface area contributed by atoms with E-state index >= 15 is 0 Å². The molecule has 2 heterocycles. The molecule has 0 bridgehead atoms. The summed E-state index contributed by atoms with van der Waals surface area (Å²) in [7, 11) is 0. The van der Waals surface area contributed by atoms with Crippen molar-refractivity contribution in [1.82, 2.24) is 9.24 Å². The van der Waals surface area contributed by atoms with Gasteiger partial charge in [0.2, 0.25) is 0 Å². The van der Waals surface area contributed by atoms with Crippen molar-refractivity contribution in [3.8, 4) is 16.8 Å². The summed E-state index contributed by atoms with van der Waals surface area (Å²) in [5.74, 6) is 2.92. The second-order valence-corrected chi connectivity index (χ2v) is 5.93. The van der Waals surface area contributed by atoms with Crippen LogP contribution in [-0.4, -0.2) is 9.24 Å². The van der Waals surface area contributed by atoms with Crippen LogP contribution in [0.15, 0.2) is 44.6 Å². The van der Waals surface area contributed by atoms with Crippen LogP contribution in [0.1, 0.15) is 5.69 Å². The highest BCUT2D eigenvalue weighted by Crippen LogP contribution is 2.30. The van der Waals surface area contributed by atoms with Crippen LogP contribution in [0, 0.1) is 11.6 Å². The van der Waals surface area contributed by atoms with Crippen LogP contribution in [0.3, 0.4) is 0 Å². The lowest BCUT2D eigenvalue weighted by molar-refractivity contribution is -0.143. The Kier molecular flexibility index (Phi) is 4.18. The minimum Gasteiger partial charge on any atom is -0.335 e. The number of nitrogens with two attached hydrogens (primary N) is 1. The fourth-order valence-corrected chi connectivity index (χ4v) is 3.03. The largest absolute Gasteiger partial charge is 0.433 e. The topological polar surface area (TPSA) is 70.0 Å². The van der Waals surface area contributed by atoms with E-state index in [9.17, 15) is 31.5 Å². The molecule has 1 aromatic carbocycles. The minimum absolute atomic E-state index is 0.0734. The highest BCUT2D eigenvalue weighted by Gasteiger charge is 2.35. The van der Waals surface area contributed by atoms with Gasteiger partial charge in [-0.3, -0.25) is 4.79 Å². The number of nitrogens with zero attached hydrogens (tertiary/aromatic N) is 2. The van der Waals surface area contributed by atoms with Gasteiger partial charge in [-0.2, -0.15) is 24.5 Å². The van der Waals surface area contributed by atoms with Crippen LogP contribution < -0.4 is 17.1 Å². The fourth-order valence-electron chi connectivity index (χ4n) is 2.38. The van der Waals surface area contributed by atoms with Gasteiger partial charge in [0.25, 0.3) is 5.56 Å². The number of halogens is 5. The van der Waals surface area contributed by atoms with Gasteiger partial charge >= 0.3 is 11.9 Å². The number of nitrogen functional groups attached to an aromatic ring is 1. The van der Waals surface area contributed by atoms with Crippen molar-refractivity contribution in [2.45, 2.75) is 6.18 Å². The van der Waals surface area contributed by atoms with Crippen LogP contribution in [-0.2, 0) is 6.18 Å². The molecule has 0 radical (unpaired) electrons. The Bertz CT molecular complexity index is 1080. The van der Waals surface area contributed by atoms with Gasteiger partial charge in [-0.15, -0.1) is 0 Å². The van der Waals surface area contributed by atoms with Gasteiger partial charge < -0.3 is 5.84 Å². The SMILES string of the molecule is Nn1c(C(F)(F)F)cc(=O)n(-c2cc(F)c(-c3ccsc3)c(F)c2)c1=O. The molecule has 2 aromatic heterocycles. The molecule has 0 spiro atoms. The first-order valence-corrected chi connectivity index (χ1v) is 7.79. The molecule has 2 N–H and O–H groups in total.